The summed E-state index contributed by atoms with van der Waals surface area (Å²) in [5.41, 5.74) is 1.45. The zero-order valence-electron chi connectivity index (χ0n) is 12.0. The third-order valence-corrected chi connectivity index (χ3v) is 2.76. The van der Waals surface area contributed by atoms with E-state index >= 15 is 0 Å². The van der Waals surface area contributed by atoms with Gasteiger partial charge >= 0.3 is 0 Å². The molecule has 0 fully saturated rings. The highest BCUT2D eigenvalue weighted by molar-refractivity contribution is 5.98. The Bertz CT molecular complexity index is 468. The molecule has 0 aliphatic carbocycles. The molecule has 0 aromatic heterocycles. The van der Waals surface area contributed by atoms with Crippen LogP contribution < -0.4 is 9.47 Å². The fraction of sp³-hybridized carbons (Fsp3) is 0.400. The number of ether oxygens (including phenoxy) is 2. The zero-order chi connectivity index (χ0) is 14.4. The van der Waals surface area contributed by atoms with Crippen LogP contribution in [0.5, 0.6) is 11.5 Å². The van der Waals surface area contributed by atoms with Crippen LogP contribution in [0.2, 0.25) is 0 Å². The smallest absolute Gasteiger partial charge is 0.258 e. The van der Waals surface area contributed by atoms with E-state index in [1.165, 1.54) is 7.11 Å². The number of nitrogens with zero attached hydrogens (tertiary/aromatic N) is 1. The van der Waals surface area contributed by atoms with Gasteiger partial charge in [-0.3, -0.25) is 4.79 Å². The molecule has 4 heteroatoms. The molecule has 4 nitrogen and oxygen atoms in total. The lowest BCUT2D eigenvalue weighted by Crippen LogP contribution is -2.32. The number of carbonyl (C=O) groups excluding carboxylic acids is 1. The van der Waals surface area contributed by atoms with Crippen molar-refractivity contribution in [2.75, 3.05) is 27.3 Å². The molecule has 0 N–H and O–H groups in total. The van der Waals surface area contributed by atoms with Crippen LogP contribution in [0, 0.1) is 0 Å². The molecule has 104 valence electrons. The molecule has 0 aliphatic rings. The molecule has 0 saturated heterocycles. The van der Waals surface area contributed by atoms with Crippen molar-refractivity contribution in [2.24, 2.45) is 0 Å². The standard InChI is InChI=1S/C15H21NO3/c1-6-16(10-11(2)3)15(17)12-8-7-9-13(18-4)14(12)19-5/h7-9H,2,6,10H2,1,3-5H3. The molecule has 0 radical (unpaired) electrons. The van der Waals surface area contributed by atoms with Gasteiger partial charge in [-0.25, -0.2) is 0 Å². The second-order valence-corrected chi connectivity index (χ2v) is 4.32. The minimum atomic E-state index is -0.0822. The number of carbonyl (C=O) groups is 1. The third kappa shape index (κ3) is 3.50. The Balaban J connectivity index is 3.13. The van der Waals surface area contributed by atoms with Crippen LogP contribution in [0.3, 0.4) is 0 Å². The van der Waals surface area contributed by atoms with E-state index in [4.69, 9.17) is 9.47 Å². The van der Waals surface area contributed by atoms with Gasteiger partial charge < -0.3 is 14.4 Å². The maximum absolute atomic E-state index is 12.5. The molecular formula is C15H21NO3. The maximum Gasteiger partial charge on any atom is 0.258 e. The van der Waals surface area contributed by atoms with E-state index in [2.05, 4.69) is 6.58 Å². The number of rotatable bonds is 6. The second kappa shape index (κ2) is 6.83. The molecule has 0 unspecified atom stereocenters. The van der Waals surface area contributed by atoms with Gasteiger partial charge in [-0.15, -0.1) is 0 Å². The summed E-state index contributed by atoms with van der Waals surface area (Å²) in [6.07, 6.45) is 0. The molecule has 0 saturated carbocycles. The van der Waals surface area contributed by atoms with Gasteiger partial charge in [-0.05, 0) is 26.0 Å². The van der Waals surface area contributed by atoms with E-state index in [0.29, 0.717) is 30.2 Å². The Hall–Kier alpha value is -1.97. The highest BCUT2D eigenvalue weighted by Gasteiger charge is 2.20. The highest BCUT2D eigenvalue weighted by atomic mass is 16.5. The number of benzene rings is 1. The molecule has 0 bridgehead atoms. The quantitative estimate of drug-likeness (QED) is 0.741. The Morgan fingerprint density at radius 3 is 2.47 bits per heavy atom. The van der Waals surface area contributed by atoms with Crippen molar-refractivity contribution in [1.29, 1.82) is 0 Å². The molecular weight excluding hydrogens is 242 g/mol. The van der Waals surface area contributed by atoms with Crippen molar-refractivity contribution in [3.05, 3.63) is 35.9 Å². The normalized spacial score (nSPS) is 9.89. The van der Waals surface area contributed by atoms with Crippen LogP contribution in [0.4, 0.5) is 0 Å². The van der Waals surface area contributed by atoms with Crippen molar-refractivity contribution in [3.8, 4) is 11.5 Å². The molecule has 0 spiro atoms. The van der Waals surface area contributed by atoms with Gasteiger partial charge in [0.1, 0.15) is 0 Å². The van der Waals surface area contributed by atoms with Crippen LogP contribution in [0.15, 0.2) is 30.4 Å². The van der Waals surface area contributed by atoms with Gasteiger partial charge in [-0.2, -0.15) is 0 Å². The van der Waals surface area contributed by atoms with Gasteiger partial charge in [0, 0.05) is 13.1 Å². The first-order chi connectivity index (χ1) is 9.04. The number of para-hydroxylation sites is 1. The first kappa shape index (κ1) is 15.1. The SMILES string of the molecule is C=C(C)CN(CC)C(=O)c1cccc(OC)c1OC. The van der Waals surface area contributed by atoms with Gasteiger partial charge in [0.15, 0.2) is 11.5 Å². The van der Waals surface area contributed by atoms with Crippen LogP contribution in [0.1, 0.15) is 24.2 Å². The van der Waals surface area contributed by atoms with Crippen LogP contribution >= 0.6 is 0 Å². The summed E-state index contributed by atoms with van der Waals surface area (Å²) in [4.78, 5) is 14.2. The largest absolute Gasteiger partial charge is 0.493 e. The molecule has 0 atom stereocenters. The molecule has 1 amide bonds. The van der Waals surface area contributed by atoms with Gasteiger partial charge in [0.25, 0.3) is 5.91 Å². The average Bonchev–Trinajstić information content (AvgIpc) is 2.42. The minimum Gasteiger partial charge on any atom is -0.493 e. The van der Waals surface area contributed by atoms with Crippen LogP contribution in [-0.2, 0) is 0 Å². The Labute approximate surface area is 114 Å². The van der Waals surface area contributed by atoms with Crippen molar-refractivity contribution in [2.45, 2.75) is 13.8 Å². The minimum absolute atomic E-state index is 0.0822. The summed E-state index contributed by atoms with van der Waals surface area (Å²) in [7, 11) is 3.08. The molecule has 1 rings (SSSR count). The average molecular weight is 263 g/mol. The van der Waals surface area contributed by atoms with E-state index in [9.17, 15) is 4.79 Å². The van der Waals surface area contributed by atoms with Crippen LogP contribution in [-0.4, -0.2) is 38.1 Å². The number of hydrogen-bond acceptors (Lipinski definition) is 3. The Morgan fingerprint density at radius 1 is 1.32 bits per heavy atom. The number of hydrogen-bond donors (Lipinski definition) is 0. The van der Waals surface area contributed by atoms with E-state index in [1.54, 1.807) is 30.2 Å². The first-order valence-corrected chi connectivity index (χ1v) is 6.19. The fourth-order valence-corrected chi connectivity index (χ4v) is 1.88. The predicted octanol–water partition coefficient (Wildman–Crippen LogP) is 2.74. The molecule has 1 aromatic carbocycles. The summed E-state index contributed by atoms with van der Waals surface area (Å²) in [5.74, 6) is 0.941. The maximum atomic E-state index is 12.5. The third-order valence-electron chi connectivity index (χ3n) is 2.76. The van der Waals surface area contributed by atoms with E-state index in [1.807, 2.05) is 13.8 Å². The predicted molar refractivity (Wildman–Crippen MR) is 75.9 cm³/mol. The van der Waals surface area contributed by atoms with Crippen molar-refractivity contribution in [1.82, 2.24) is 4.90 Å². The summed E-state index contributed by atoms with van der Waals surface area (Å²) < 4.78 is 10.5. The van der Waals surface area contributed by atoms with Crippen molar-refractivity contribution < 1.29 is 14.3 Å². The molecule has 19 heavy (non-hydrogen) atoms. The van der Waals surface area contributed by atoms with Crippen LogP contribution in [0.25, 0.3) is 0 Å². The van der Waals surface area contributed by atoms with Crippen molar-refractivity contribution >= 4 is 5.91 Å². The zero-order valence-corrected chi connectivity index (χ0v) is 12.0. The number of likely N-dealkylation sites (N-methyl/N-ethyl adjacent to an activating group) is 1. The summed E-state index contributed by atoms with van der Waals surface area (Å²) in [6.45, 7) is 8.84. The molecule has 0 heterocycles. The van der Waals surface area contributed by atoms with Gasteiger partial charge in [-0.1, -0.05) is 18.2 Å². The molecule has 1 aromatic rings. The van der Waals surface area contributed by atoms with E-state index in [-0.39, 0.29) is 5.91 Å². The number of methoxy groups -OCH3 is 2. The Morgan fingerprint density at radius 2 is 2.00 bits per heavy atom. The Kier molecular flexibility index (Phi) is 5.42. The lowest BCUT2D eigenvalue weighted by Gasteiger charge is -2.22. The lowest BCUT2D eigenvalue weighted by atomic mass is 10.1. The van der Waals surface area contributed by atoms with E-state index in [0.717, 1.165) is 5.57 Å². The van der Waals surface area contributed by atoms with Crippen molar-refractivity contribution in [3.63, 3.8) is 0 Å². The summed E-state index contributed by atoms with van der Waals surface area (Å²) >= 11 is 0. The fourth-order valence-electron chi connectivity index (χ4n) is 1.88. The van der Waals surface area contributed by atoms with E-state index < -0.39 is 0 Å². The highest BCUT2D eigenvalue weighted by Crippen LogP contribution is 2.31. The summed E-state index contributed by atoms with van der Waals surface area (Å²) in [6, 6.07) is 5.29. The first-order valence-electron chi connectivity index (χ1n) is 6.19. The topological polar surface area (TPSA) is 38.8 Å². The monoisotopic (exact) mass is 263 g/mol. The number of amides is 1. The second-order valence-electron chi connectivity index (χ2n) is 4.32. The van der Waals surface area contributed by atoms with Gasteiger partial charge in [0.05, 0.1) is 19.8 Å². The lowest BCUT2D eigenvalue weighted by molar-refractivity contribution is 0.0774. The van der Waals surface area contributed by atoms with Gasteiger partial charge in [0.2, 0.25) is 0 Å². The summed E-state index contributed by atoms with van der Waals surface area (Å²) in [5, 5.41) is 0. The molecule has 0 aliphatic heterocycles.